The first-order valence-electron chi connectivity index (χ1n) is 12.3. The summed E-state index contributed by atoms with van der Waals surface area (Å²) < 4.78 is 30.7. The van der Waals surface area contributed by atoms with Crippen molar-refractivity contribution >= 4 is 22.8 Å². The van der Waals surface area contributed by atoms with Gasteiger partial charge in [-0.2, -0.15) is 0 Å². The topological polar surface area (TPSA) is 119 Å². The number of nitrogens with one attached hydrogen (secondary N) is 2. The van der Waals surface area contributed by atoms with Crippen LogP contribution in [0, 0.1) is 18.7 Å². The average Bonchev–Trinajstić information content (AvgIpc) is 3.48. The zero-order valence-electron chi connectivity index (χ0n) is 21.1. The van der Waals surface area contributed by atoms with E-state index in [1.165, 1.54) is 26.6 Å². The molecule has 2 N–H and O–H groups in total. The lowest BCUT2D eigenvalue weighted by Crippen LogP contribution is -2.39. The molecule has 3 heterocycles. The maximum atomic E-state index is 14.6. The fraction of sp³-hybridized carbons (Fsp3) is 0.462. The Labute approximate surface area is 213 Å². The number of methoxy groups -OCH3 is 2. The summed E-state index contributed by atoms with van der Waals surface area (Å²) in [5.41, 5.74) is 3.03. The number of carbonyl (C=O) groups is 2. The normalized spacial score (nSPS) is 17.3. The summed E-state index contributed by atoms with van der Waals surface area (Å²) in [5.74, 6) is -0.0241. The van der Waals surface area contributed by atoms with Gasteiger partial charge in [-0.15, -0.1) is 0 Å². The molecule has 1 aliphatic heterocycles. The lowest BCUT2D eigenvalue weighted by Gasteiger charge is -2.16. The first-order chi connectivity index (χ1) is 17.9. The maximum absolute atomic E-state index is 14.6. The summed E-state index contributed by atoms with van der Waals surface area (Å²) in [7, 11) is 2.88. The van der Waals surface area contributed by atoms with E-state index in [0.717, 1.165) is 12.8 Å². The van der Waals surface area contributed by atoms with Crippen molar-refractivity contribution in [3.05, 3.63) is 35.5 Å². The zero-order chi connectivity index (χ0) is 26.1. The number of rotatable bonds is 9. The number of hydrogen-bond donors (Lipinski definition) is 2. The minimum Gasteiger partial charge on any atom is -0.494 e. The molecular formula is C26H30FN5O5. The molecule has 2 amide bonds. The molecule has 37 heavy (non-hydrogen) atoms. The van der Waals surface area contributed by atoms with Gasteiger partial charge in [0.05, 0.1) is 24.8 Å². The number of aromatic amines is 1. The highest BCUT2D eigenvalue weighted by Gasteiger charge is 2.30. The van der Waals surface area contributed by atoms with E-state index < -0.39 is 5.82 Å². The summed E-state index contributed by atoms with van der Waals surface area (Å²) in [5, 5.41) is 3.03. The van der Waals surface area contributed by atoms with E-state index in [1.807, 2.05) is 0 Å². The molecule has 3 aromatic rings. The third kappa shape index (κ3) is 5.08. The Balaban J connectivity index is 1.45. The van der Waals surface area contributed by atoms with Gasteiger partial charge in [-0.25, -0.2) is 14.4 Å². The molecule has 0 spiro atoms. The summed E-state index contributed by atoms with van der Waals surface area (Å²) >= 11 is 0. The molecule has 2 fully saturated rings. The average molecular weight is 512 g/mol. The van der Waals surface area contributed by atoms with Gasteiger partial charge in [-0.1, -0.05) is 0 Å². The molecule has 1 aromatic carbocycles. The highest BCUT2D eigenvalue weighted by molar-refractivity contribution is 6.09. The van der Waals surface area contributed by atoms with Crippen LogP contribution in [0.15, 0.2) is 18.5 Å². The second-order valence-electron chi connectivity index (χ2n) is 9.54. The highest BCUT2D eigenvalue weighted by atomic mass is 19.1. The van der Waals surface area contributed by atoms with Crippen molar-refractivity contribution in [2.24, 2.45) is 5.92 Å². The second-order valence-corrected chi connectivity index (χ2v) is 9.54. The van der Waals surface area contributed by atoms with Crippen molar-refractivity contribution < 1.29 is 28.2 Å². The summed E-state index contributed by atoms with van der Waals surface area (Å²) in [4.78, 5) is 39.2. The largest absolute Gasteiger partial charge is 0.494 e. The molecule has 1 aliphatic carbocycles. The number of likely N-dealkylation sites (tertiary alicyclic amines) is 1. The summed E-state index contributed by atoms with van der Waals surface area (Å²) in [6, 6.07) is 2.69. The molecule has 2 aliphatic rings. The molecule has 11 heteroatoms. The van der Waals surface area contributed by atoms with E-state index >= 15 is 0 Å². The third-order valence-corrected chi connectivity index (χ3v) is 6.82. The number of carbonyl (C=O) groups excluding carboxylic acids is 2. The van der Waals surface area contributed by atoms with E-state index in [2.05, 4.69) is 20.3 Å². The van der Waals surface area contributed by atoms with Crippen molar-refractivity contribution in [1.29, 1.82) is 0 Å². The zero-order valence-corrected chi connectivity index (χ0v) is 21.1. The predicted molar refractivity (Wildman–Crippen MR) is 133 cm³/mol. The van der Waals surface area contributed by atoms with Gasteiger partial charge in [-0.05, 0) is 38.2 Å². The van der Waals surface area contributed by atoms with Crippen LogP contribution in [0.1, 0.15) is 35.3 Å². The SMILES string of the molecule is COCC(=O)N1CC[C@@H](NC(=O)c2c(C)[nH]c3c(-c4cc(OC)c(F)cc4OCC4CC4)ncnc23)C1. The lowest BCUT2D eigenvalue weighted by molar-refractivity contribution is -0.134. The number of fused-ring (bicyclic) bond motifs is 1. The molecule has 1 atom stereocenters. The molecule has 0 unspecified atom stereocenters. The van der Waals surface area contributed by atoms with Crippen molar-refractivity contribution in [3.63, 3.8) is 0 Å². The Kier molecular flexibility index (Phi) is 6.96. The second kappa shape index (κ2) is 10.3. The number of amides is 2. The van der Waals surface area contributed by atoms with Gasteiger partial charge in [-0.3, -0.25) is 9.59 Å². The van der Waals surface area contributed by atoms with Crippen LogP contribution < -0.4 is 14.8 Å². The van der Waals surface area contributed by atoms with Gasteiger partial charge in [0.2, 0.25) is 5.91 Å². The number of ether oxygens (including phenoxy) is 3. The van der Waals surface area contributed by atoms with Gasteiger partial charge in [0.1, 0.15) is 29.9 Å². The number of nitrogens with zero attached hydrogens (tertiary/aromatic N) is 3. The van der Waals surface area contributed by atoms with Crippen LogP contribution in [0.2, 0.25) is 0 Å². The van der Waals surface area contributed by atoms with Crippen LogP contribution in [0.4, 0.5) is 4.39 Å². The van der Waals surface area contributed by atoms with E-state index in [0.29, 0.717) is 71.3 Å². The van der Waals surface area contributed by atoms with Gasteiger partial charge in [0, 0.05) is 43.6 Å². The van der Waals surface area contributed by atoms with Crippen LogP contribution in [-0.2, 0) is 9.53 Å². The number of benzene rings is 1. The van der Waals surface area contributed by atoms with Gasteiger partial charge in [0.25, 0.3) is 5.91 Å². The van der Waals surface area contributed by atoms with E-state index in [1.54, 1.807) is 17.9 Å². The Hall–Kier alpha value is -3.73. The van der Waals surface area contributed by atoms with Gasteiger partial charge < -0.3 is 29.4 Å². The summed E-state index contributed by atoms with van der Waals surface area (Å²) in [6.45, 7) is 3.28. The fourth-order valence-electron chi connectivity index (χ4n) is 4.67. The molecule has 10 nitrogen and oxygen atoms in total. The minimum absolute atomic E-state index is 0.0163. The third-order valence-electron chi connectivity index (χ3n) is 6.82. The smallest absolute Gasteiger partial charge is 0.255 e. The Morgan fingerprint density at radius 1 is 1.19 bits per heavy atom. The van der Waals surface area contributed by atoms with Crippen molar-refractivity contribution in [3.8, 4) is 22.8 Å². The standard InChI is InChI=1S/C26H30FN5O5/c1-14-22(26(34)31-16-6-7-32(10-16)21(33)12-35-2)24-25(30-14)23(28-13-29-24)17-8-20(36-3)18(27)9-19(17)37-11-15-4-5-15/h8-9,13,15-16,30H,4-7,10-12H2,1-3H3,(H,31,34)/t16-/m1/s1. The van der Waals surface area contributed by atoms with E-state index in [-0.39, 0.29) is 30.2 Å². The Morgan fingerprint density at radius 2 is 2.00 bits per heavy atom. The Morgan fingerprint density at radius 3 is 2.73 bits per heavy atom. The number of hydrogen-bond acceptors (Lipinski definition) is 7. The van der Waals surface area contributed by atoms with Crippen molar-refractivity contribution in [2.75, 3.05) is 40.5 Å². The number of aryl methyl sites for hydroxylation is 1. The molecular weight excluding hydrogens is 481 g/mol. The molecule has 0 radical (unpaired) electrons. The molecule has 1 saturated heterocycles. The van der Waals surface area contributed by atoms with Crippen LogP contribution in [0.25, 0.3) is 22.3 Å². The van der Waals surface area contributed by atoms with Gasteiger partial charge in [0.15, 0.2) is 11.6 Å². The number of halogens is 1. The summed E-state index contributed by atoms with van der Waals surface area (Å²) in [6.07, 6.45) is 4.22. The number of H-pyrrole nitrogens is 1. The maximum Gasteiger partial charge on any atom is 0.255 e. The molecule has 196 valence electrons. The van der Waals surface area contributed by atoms with Crippen LogP contribution >= 0.6 is 0 Å². The van der Waals surface area contributed by atoms with E-state index in [4.69, 9.17) is 14.2 Å². The molecule has 0 bridgehead atoms. The fourth-order valence-corrected chi connectivity index (χ4v) is 4.67. The molecule has 1 saturated carbocycles. The molecule has 5 rings (SSSR count). The highest BCUT2D eigenvalue weighted by Crippen LogP contribution is 2.39. The first-order valence-corrected chi connectivity index (χ1v) is 12.3. The quantitative estimate of drug-likeness (QED) is 0.454. The molecule has 2 aromatic heterocycles. The minimum atomic E-state index is -0.528. The van der Waals surface area contributed by atoms with Crippen LogP contribution in [-0.4, -0.2) is 78.2 Å². The van der Waals surface area contributed by atoms with Crippen molar-refractivity contribution in [2.45, 2.75) is 32.2 Å². The van der Waals surface area contributed by atoms with Crippen molar-refractivity contribution in [1.82, 2.24) is 25.2 Å². The Bertz CT molecular complexity index is 1340. The number of aromatic nitrogens is 3. The van der Waals surface area contributed by atoms with Crippen LogP contribution in [0.5, 0.6) is 11.5 Å². The predicted octanol–water partition coefficient (Wildman–Crippen LogP) is 2.85. The van der Waals surface area contributed by atoms with Gasteiger partial charge >= 0.3 is 0 Å². The first kappa shape index (κ1) is 24.9. The monoisotopic (exact) mass is 511 g/mol. The van der Waals surface area contributed by atoms with Crippen LogP contribution in [0.3, 0.4) is 0 Å². The van der Waals surface area contributed by atoms with E-state index in [9.17, 15) is 14.0 Å². The lowest BCUT2D eigenvalue weighted by atomic mass is 10.1.